The van der Waals surface area contributed by atoms with Crippen LogP contribution in [-0.2, 0) is 6.54 Å². The van der Waals surface area contributed by atoms with Gasteiger partial charge in [-0.05, 0) is 12.1 Å². The van der Waals surface area contributed by atoms with Gasteiger partial charge in [-0.2, -0.15) is 0 Å². The van der Waals surface area contributed by atoms with Gasteiger partial charge in [-0.3, -0.25) is 9.78 Å². The van der Waals surface area contributed by atoms with Crippen molar-refractivity contribution in [3.05, 3.63) is 57.6 Å². The van der Waals surface area contributed by atoms with Gasteiger partial charge in [0, 0.05) is 16.5 Å². The molecule has 100 valence electrons. The van der Waals surface area contributed by atoms with Gasteiger partial charge in [-0.1, -0.05) is 29.8 Å². The molecule has 6 heteroatoms. The van der Waals surface area contributed by atoms with Crippen molar-refractivity contribution in [2.75, 3.05) is 0 Å². The lowest BCUT2D eigenvalue weighted by Gasteiger charge is -2.07. The summed E-state index contributed by atoms with van der Waals surface area (Å²) in [7, 11) is 0. The van der Waals surface area contributed by atoms with Crippen LogP contribution in [0.25, 0.3) is 10.9 Å². The highest BCUT2D eigenvalue weighted by Gasteiger charge is 2.12. The topological polar surface area (TPSA) is 54.9 Å². The van der Waals surface area contributed by atoms with Gasteiger partial charge in [0.05, 0.1) is 23.1 Å². The normalized spacial score (nSPS) is 10.7. The molecule has 3 aromatic rings. The van der Waals surface area contributed by atoms with Crippen molar-refractivity contribution >= 4 is 39.7 Å². The van der Waals surface area contributed by atoms with E-state index in [1.54, 1.807) is 17.8 Å². The van der Waals surface area contributed by atoms with Gasteiger partial charge >= 0.3 is 0 Å². The molecule has 2 aromatic heterocycles. The summed E-state index contributed by atoms with van der Waals surface area (Å²) >= 11 is 7.47. The minimum atomic E-state index is -0.168. The molecule has 1 amide bonds. The highest BCUT2D eigenvalue weighted by atomic mass is 35.5. The lowest BCUT2D eigenvalue weighted by molar-refractivity contribution is 0.0953. The smallest absolute Gasteiger partial charge is 0.252 e. The predicted octanol–water partition coefficient (Wildman–Crippen LogP) is 3.27. The summed E-state index contributed by atoms with van der Waals surface area (Å²) in [6.07, 6.45) is 1.74. The van der Waals surface area contributed by atoms with Gasteiger partial charge in [0.25, 0.3) is 5.91 Å². The van der Waals surface area contributed by atoms with Crippen molar-refractivity contribution in [1.29, 1.82) is 0 Å². The molecule has 0 radical (unpaired) electrons. The van der Waals surface area contributed by atoms with Crippen molar-refractivity contribution in [2.45, 2.75) is 6.54 Å². The number of halogens is 1. The van der Waals surface area contributed by atoms with Crippen molar-refractivity contribution in [2.24, 2.45) is 0 Å². The van der Waals surface area contributed by atoms with Crippen molar-refractivity contribution in [3.8, 4) is 0 Å². The van der Waals surface area contributed by atoms with E-state index < -0.39 is 0 Å². The van der Waals surface area contributed by atoms with Crippen LogP contribution in [0, 0.1) is 0 Å². The first-order chi connectivity index (χ1) is 9.74. The molecule has 0 atom stereocenters. The third-order valence-electron chi connectivity index (χ3n) is 2.84. The SMILES string of the molecule is O=C(NCc1cncs1)c1cc(Cl)nc2ccccc12. The Kier molecular flexibility index (Phi) is 3.62. The number of rotatable bonds is 3. The minimum absolute atomic E-state index is 0.168. The van der Waals surface area contributed by atoms with Crippen molar-refractivity contribution < 1.29 is 4.79 Å². The van der Waals surface area contributed by atoms with Crippen molar-refractivity contribution in [1.82, 2.24) is 15.3 Å². The van der Waals surface area contributed by atoms with Crippen LogP contribution in [0.4, 0.5) is 0 Å². The first kappa shape index (κ1) is 13.0. The van der Waals surface area contributed by atoms with E-state index in [-0.39, 0.29) is 5.91 Å². The summed E-state index contributed by atoms with van der Waals surface area (Å²) < 4.78 is 0. The quantitative estimate of drug-likeness (QED) is 0.756. The van der Waals surface area contributed by atoms with E-state index in [2.05, 4.69) is 15.3 Å². The van der Waals surface area contributed by atoms with Crippen LogP contribution < -0.4 is 5.32 Å². The summed E-state index contributed by atoms with van der Waals surface area (Å²) in [5, 5.41) is 3.97. The predicted molar refractivity (Wildman–Crippen MR) is 80.0 cm³/mol. The fourth-order valence-corrected chi connectivity index (χ4v) is 2.66. The zero-order chi connectivity index (χ0) is 13.9. The van der Waals surface area contributed by atoms with E-state index in [1.807, 2.05) is 24.3 Å². The first-order valence-electron chi connectivity index (χ1n) is 5.95. The number of hydrogen-bond acceptors (Lipinski definition) is 4. The molecule has 0 saturated heterocycles. The van der Waals surface area contributed by atoms with E-state index >= 15 is 0 Å². The number of nitrogens with zero attached hydrogens (tertiary/aromatic N) is 2. The number of nitrogens with one attached hydrogen (secondary N) is 1. The van der Waals surface area contributed by atoms with Crippen molar-refractivity contribution in [3.63, 3.8) is 0 Å². The van der Waals surface area contributed by atoms with E-state index in [0.29, 0.717) is 22.8 Å². The number of amides is 1. The zero-order valence-electron chi connectivity index (χ0n) is 10.3. The number of hydrogen-bond donors (Lipinski definition) is 1. The average Bonchev–Trinajstić information content (AvgIpc) is 2.97. The third kappa shape index (κ3) is 2.64. The molecule has 0 unspecified atom stereocenters. The van der Waals surface area contributed by atoms with E-state index in [9.17, 15) is 4.79 Å². The number of carbonyl (C=O) groups is 1. The maximum Gasteiger partial charge on any atom is 0.252 e. The second kappa shape index (κ2) is 5.56. The number of benzene rings is 1. The summed E-state index contributed by atoms with van der Waals surface area (Å²) in [6.45, 7) is 0.456. The van der Waals surface area contributed by atoms with Gasteiger partial charge in [0.2, 0.25) is 0 Å². The van der Waals surface area contributed by atoms with Crippen LogP contribution in [0.2, 0.25) is 5.15 Å². The number of thiazole rings is 1. The summed E-state index contributed by atoms with van der Waals surface area (Å²) in [6, 6.07) is 9.02. The minimum Gasteiger partial charge on any atom is -0.347 e. The molecule has 0 aliphatic carbocycles. The molecule has 0 spiro atoms. The maximum absolute atomic E-state index is 12.3. The number of aromatic nitrogens is 2. The van der Waals surface area contributed by atoms with Gasteiger partial charge in [-0.25, -0.2) is 4.98 Å². The Bertz CT molecular complexity index is 758. The number of pyridine rings is 1. The van der Waals surface area contributed by atoms with Gasteiger partial charge in [0.15, 0.2) is 0 Å². The molecule has 0 aliphatic heterocycles. The average molecular weight is 304 g/mol. The highest BCUT2D eigenvalue weighted by molar-refractivity contribution is 7.09. The number of carbonyl (C=O) groups excluding carboxylic acids is 1. The lowest BCUT2D eigenvalue weighted by atomic mass is 10.1. The molecular weight excluding hydrogens is 294 g/mol. The molecule has 20 heavy (non-hydrogen) atoms. The second-order valence-corrected chi connectivity index (χ2v) is 5.52. The van der Waals surface area contributed by atoms with Gasteiger partial charge in [-0.15, -0.1) is 11.3 Å². The van der Waals surface area contributed by atoms with Crippen LogP contribution in [0.15, 0.2) is 42.0 Å². The molecule has 3 rings (SSSR count). The lowest BCUT2D eigenvalue weighted by Crippen LogP contribution is -2.22. The zero-order valence-corrected chi connectivity index (χ0v) is 11.9. The molecule has 0 saturated carbocycles. The Hall–Kier alpha value is -1.98. The summed E-state index contributed by atoms with van der Waals surface area (Å²) in [5.41, 5.74) is 2.98. The molecule has 1 aromatic carbocycles. The Labute approximate surface area is 124 Å². The molecule has 0 fully saturated rings. The largest absolute Gasteiger partial charge is 0.347 e. The van der Waals surface area contributed by atoms with Gasteiger partial charge in [0.1, 0.15) is 5.15 Å². The highest BCUT2D eigenvalue weighted by Crippen LogP contribution is 2.20. The molecule has 4 nitrogen and oxygen atoms in total. The Morgan fingerprint density at radius 1 is 1.35 bits per heavy atom. The Morgan fingerprint density at radius 3 is 3.00 bits per heavy atom. The van der Waals surface area contributed by atoms with Crippen LogP contribution in [-0.4, -0.2) is 15.9 Å². The van der Waals surface area contributed by atoms with E-state index in [0.717, 1.165) is 10.3 Å². The fourth-order valence-electron chi connectivity index (χ4n) is 1.92. The first-order valence-corrected chi connectivity index (χ1v) is 7.20. The second-order valence-electron chi connectivity index (χ2n) is 4.16. The van der Waals surface area contributed by atoms with Crippen LogP contribution in [0.3, 0.4) is 0 Å². The fraction of sp³-hybridized carbons (Fsp3) is 0.0714. The Balaban J connectivity index is 1.90. The van der Waals surface area contributed by atoms with Crippen LogP contribution >= 0.6 is 22.9 Å². The van der Waals surface area contributed by atoms with E-state index in [1.165, 1.54) is 11.3 Å². The third-order valence-corrected chi connectivity index (χ3v) is 3.81. The van der Waals surface area contributed by atoms with Gasteiger partial charge < -0.3 is 5.32 Å². The molecule has 2 heterocycles. The van der Waals surface area contributed by atoms with E-state index in [4.69, 9.17) is 11.6 Å². The number of para-hydroxylation sites is 1. The Morgan fingerprint density at radius 2 is 2.20 bits per heavy atom. The maximum atomic E-state index is 12.3. The molecule has 1 N–H and O–H groups in total. The molecule has 0 aliphatic rings. The van der Waals surface area contributed by atoms with Crippen LogP contribution in [0.1, 0.15) is 15.2 Å². The molecule has 0 bridgehead atoms. The van der Waals surface area contributed by atoms with Crippen LogP contribution in [0.5, 0.6) is 0 Å². The standard InChI is InChI=1S/C14H10ClN3OS/c15-13-5-11(10-3-1-2-4-12(10)18-13)14(19)17-7-9-6-16-8-20-9/h1-6,8H,7H2,(H,17,19). The summed E-state index contributed by atoms with van der Waals surface area (Å²) in [5.74, 6) is -0.168. The monoisotopic (exact) mass is 303 g/mol. The molecular formula is C14H10ClN3OS. The number of fused-ring (bicyclic) bond motifs is 1. The summed E-state index contributed by atoms with van der Waals surface area (Å²) in [4.78, 5) is 21.5.